The third-order valence-corrected chi connectivity index (χ3v) is 2.39. The topological polar surface area (TPSA) is 98.7 Å². The van der Waals surface area contributed by atoms with E-state index < -0.39 is 24.1 Å². The van der Waals surface area contributed by atoms with Crippen molar-refractivity contribution in [2.75, 3.05) is 13.2 Å². The molecule has 2 unspecified atom stereocenters. The van der Waals surface area contributed by atoms with Gasteiger partial charge in [0.25, 0.3) is 0 Å². The molecule has 0 N–H and O–H groups in total. The molecular weight excluding hydrogens is 378 g/mol. The predicted molar refractivity (Wildman–Crippen MR) is 48.0 cm³/mol. The summed E-state index contributed by atoms with van der Waals surface area (Å²) in [4.78, 5) is 19.9. The number of carbonyl (C=O) groups excluding carboxylic acids is 2. The molecule has 0 aliphatic carbocycles. The molecule has 0 amide bonds. The van der Waals surface area contributed by atoms with E-state index in [4.69, 9.17) is 9.47 Å². The van der Waals surface area contributed by atoms with Crippen molar-refractivity contribution in [2.24, 2.45) is 0 Å². The van der Waals surface area contributed by atoms with Crippen molar-refractivity contribution < 1.29 is 80.3 Å². The van der Waals surface area contributed by atoms with Gasteiger partial charge in [-0.1, -0.05) is 0 Å². The normalized spacial score (nSPS) is 23.8. The molecule has 2 atom stereocenters. The van der Waals surface area contributed by atoms with Crippen LogP contribution < -0.4 is 35.0 Å². The van der Waals surface area contributed by atoms with Gasteiger partial charge in [-0.25, -0.2) is 0 Å². The zero-order valence-electron chi connectivity index (χ0n) is 10.1. The Morgan fingerprint density at radius 1 is 0.842 bits per heavy atom. The van der Waals surface area contributed by atoms with Crippen molar-refractivity contribution in [3.8, 4) is 0 Å². The number of ether oxygens (including phenoxy) is 2. The smallest absolute Gasteiger partial charge is 1.00 e. The van der Waals surface area contributed by atoms with E-state index in [9.17, 15) is 19.8 Å². The first-order chi connectivity index (χ1) is 7.61. The molecular formula is C10H14Cl2O6Zr. The Labute approximate surface area is 143 Å². The molecule has 2 heterocycles. The number of hydrogen-bond donors (Lipinski definition) is 0. The molecule has 0 aromatic carbocycles. The van der Waals surface area contributed by atoms with Gasteiger partial charge in [0.1, 0.15) is 0 Å². The molecule has 108 valence electrons. The van der Waals surface area contributed by atoms with E-state index in [1.54, 1.807) is 0 Å². The van der Waals surface area contributed by atoms with E-state index in [2.05, 4.69) is 0 Å². The average Bonchev–Trinajstić information content (AvgIpc) is 2.93. The molecule has 0 saturated carbocycles. The van der Waals surface area contributed by atoms with Crippen LogP contribution in [0.3, 0.4) is 0 Å². The van der Waals surface area contributed by atoms with Gasteiger partial charge in [0, 0.05) is 13.2 Å². The van der Waals surface area contributed by atoms with Crippen LogP contribution in [-0.2, 0) is 45.3 Å². The summed E-state index contributed by atoms with van der Waals surface area (Å²) in [5.41, 5.74) is 0. The molecule has 2 fully saturated rings. The molecule has 0 radical (unpaired) electrons. The fourth-order valence-electron chi connectivity index (χ4n) is 1.53. The molecule has 0 bridgehead atoms. The van der Waals surface area contributed by atoms with Gasteiger partial charge in [0.05, 0.1) is 24.1 Å². The van der Waals surface area contributed by atoms with Gasteiger partial charge < -0.3 is 54.1 Å². The molecule has 2 rings (SSSR count). The second-order valence-corrected chi connectivity index (χ2v) is 3.64. The van der Waals surface area contributed by atoms with Crippen LogP contribution >= 0.6 is 0 Å². The summed E-state index contributed by atoms with van der Waals surface area (Å²) < 4.78 is 9.50. The van der Waals surface area contributed by atoms with Crippen LogP contribution in [-0.4, -0.2) is 37.4 Å². The molecule has 0 aromatic rings. The van der Waals surface area contributed by atoms with Gasteiger partial charge in [-0.3, -0.25) is 0 Å². The molecule has 19 heavy (non-hydrogen) atoms. The van der Waals surface area contributed by atoms with Crippen molar-refractivity contribution in [2.45, 2.75) is 37.9 Å². The molecule has 0 aromatic heterocycles. The zero-order chi connectivity index (χ0) is 12.0. The first-order valence-corrected chi connectivity index (χ1v) is 5.26. The number of halogens is 2. The molecule has 6 nitrogen and oxygen atoms in total. The minimum atomic E-state index is -1.08. The Bertz CT molecular complexity index is 228. The summed E-state index contributed by atoms with van der Waals surface area (Å²) >= 11 is 0. The van der Waals surface area contributed by atoms with Crippen LogP contribution in [0.15, 0.2) is 0 Å². The van der Waals surface area contributed by atoms with Crippen LogP contribution in [0.4, 0.5) is 0 Å². The molecule has 2 aliphatic rings. The Morgan fingerprint density at radius 3 is 1.26 bits per heavy atom. The molecule has 2 saturated heterocycles. The quantitative estimate of drug-likeness (QED) is 0.463. The van der Waals surface area contributed by atoms with E-state index in [1.807, 2.05) is 0 Å². The summed E-state index contributed by atoms with van der Waals surface area (Å²) in [6.07, 6.45) is 1.66. The van der Waals surface area contributed by atoms with Crippen LogP contribution in [0.25, 0.3) is 0 Å². The summed E-state index contributed by atoms with van der Waals surface area (Å²) in [7, 11) is 0. The number of carbonyl (C=O) groups is 2. The number of hydrogen-bond acceptors (Lipinski definition) is 6. The third-order valence-electron chi connectivity index (χ3n) is 2.39. The van der Waals surface area contributed by atoms with E-state index in [-0.39, 0.29) is 51.0 Å². The van der Waals surface area contributed by atoms with Crippen molar-refractivity contribution in [3.63, 3.8) is 0 Å². The average molecular weight is 392 g/mol. The maximum atomic E-state index is 9.97. The van der Waals surface area contributed by atoms with E-state index >= 15 is 0 Å². The van der Waals surface area contributed by atoms with Gasteiger partial charge in [-0.05, 0) is 25.7 Å². The van der Waals surface area contributed by atoms with Crippen molar-refractivity contribution in [3.05, 3.63) is 0 Å². The van der Waals surface area contributed by atoms with Gasteiger partial charge in [-0.2, -0.15) is 0 Å². The van der Waals surface area contributed by atoms with Gasteiger partial charge in [0.2, 0.25) is 0 Å². The first kappa shape index (κ1) is 24.3. The van der Waals surface area contributed by atoms with Crippen molar-refractivity contribution >= 4 is 11.9 Å². The minimum absolute atomic E-state index is 0. The van der Waals surface area contributed by atoms with Gasteiger partial charge in [-0.15, -0.1) is 0 Å². The number of carboxylic acid groups (broad SMARTS) is 2. The third kappa shape index (κ3) is 9.80. The first-order valence-electron chi connectivity index (χ1n) is 5.26. The number of aliphatic carboxylic acids is 2. The Morgan fingerprint density at radius 2 is 1.16 bits per heavy atom. The van der Waals surface area contributed by atoms with E-state index in [1.165, 1.54) is 0 Å². The van der Waals surface area contributed by atoms with Crippen LogP contribution in [0.1, 0.15) is 25.7 Å². The number of rotatable bonds is 2. The second kappa shape index (κ2) is 13.3. The number of carboxylic acids is 2. The fourth-order valence-corrected chi connectivity index (χ4v) is 1.53. The zero-order valence-corrected chi connectivity index (χ0v) is 14.1. The maximum absolute atomic E-state index is 9.97. The molecule has 0 spiro atoms. The van der Waals surface area contributed by atoms with Gasteiger partial charge in [0.15, 0.2) is 0 Å². The summed E-state index contributed by atoms with van der Waals surface area (Å²) in [5.74, 6) is -2.16. The standard InChI is InChI=1S/2C5H8O3.2ClH.Zr/c2*6-5(7)4-2-1-3-8-4;;;/h2*4H,1-3H2,(H,6,7);2*1H;/q;;;;+4/p-4. The van der Waals surface area contributed by atoms with Crippen LogP contribution in [0.5, 0.6) is 0 Å². The summed E-state index contributed by atoms with van der Waals surface area (Å²) in [6, 6.07) is 0. The monoisotopic (exact) mass is 390 g/mol. The largest absolute Gasteiger partial charge is 4.00 e. The van der Waals surface area contributed by atoms with Crippen LogP contribution in [0, 0.1) is 0 Å². The van der Waals surface area contributed by atoms with Crippen LogP contribution in [0.2, 0.25) is 0 Å². The SMILES string of the molecule is O=C([O-])C1CCCO1.O=C([O-])C1CCCO1.[Cl-].[Cl-].[Zr+4]. The fraction of sp³-hybridized carbons (Fsp3) is 0.800. The van der Waals surface area contributed by atoms with E-state index in [0.29, 0.717) is 26.1 Å². The Balaban J connectivity index is -0.000000233. The molecule has 9 heteroatoms. The van der Waals surface area contributed by atoms with E-state index in [0.717, 1.165) is 12.8 Å². The second-order valence-electron chi connectivity index (χ2n) is 3.64. The Hall–Kier alpha value is 0.323. The maximum Gasteiger partial charge on any atom is 4.00 e. The minimum Gasteiger partial charge on any atom is -1.00 e. The molecule has 2 aliphatic heterocycles. The van der Waals surface area contributed by atoms with Crippen molar-refractivity contribution in [1.29, 1.82) is 0 Å². The summed E-state index contributed by atoms with van der Waals surface area (Å²) in [5, 5.41) is 19.9. The summed E-state index contributed by atoms with van der Waals surface area (Å²) in [6.45, 7) is 1.14. The van der Waals surface area contributed by atoms with Gasteiger partial charge >= 0.3 is 26.2 Å². The Kier molecular flexibility index (Phi) is 17.1. The predicted octanol–water partition coefficient (Wildman–Crippen LogP) is -8.16. The van der Waals surface area contributed by atoms with Crippen molar-refractivity contribution in [1.82, 2.24) is 0 Å².